The highest BCUT2D eigenvalue weighted by atomic mass is 14.9. The number of aryl methyl sites for hydroxylation is 1. The lowest BCUT2D eigenvalue weighted by Crippen LogP contribution is -2.16. The molecule has 0 aliphatic heterocycles. The van der Waals surface area contributed by atoms with Gasteiger partial charge in [0.15, 0.2) is 0 Å². The van der Waals surface area contributed by atoms with Gasteiger partial charge in [0, 0.05) is 18.4 Å². The van der Waals surface area contributed by atoms with Crippen LogP contribution in [-0.4, -0.2) is 17.7 Å². The van der Waals surface area contributed by atoms with Gasteiger partial charge < -0.3 is 9.88 Å². The van der Waals surface area contributed by atoms with Crippen molar-refractivity contribution in [3.63, 3.8) is 0 Å². The molecule has 0 bridgehead atoms. The predicted molar refractivity (Wildman–Crippen MR) is 57.1 cm³/mol. The fourth-order valence-corrected chi connectivity index (χ4v) is 1.59. The molecule has 74 valence electrons. The first-order valence-corrected chi connectivity index (χ1v) is 4.99. The largest absolute Gasteiger partial charge is 0.352 e. The molecule has 1 aromatic heterocycles. The molecule has 0 aliphatic carbocycles. The van der Waals surface area contributed by atoms with Crippen molar-refractivity contribution < 1.29 is 0 Å². The number of aromatic nitrogens is 1. The maximum absolute atomic E-state index is 3.34. The molecule has 2 nitrogen and oxygen atoms in total. The van der Waals surface area contributed by atoms with Crippen molar-refractivity contribution in [3.05, 3.63) is 23.0 Å². The first-order valence-electron chi connectivity index (χ1n) is 4.99. The van der Waals surface area contributed by atoms with E-state index in [2.05, 4.69) is 43.8 Å². The van der Waals surface area contributed by atoms with Crippen LogP contribution >= 0.6 is 0 Å². The average Bonchev–Trinajstić information content (AvgIpc) is 2.34. The third-order valence-electron chi connectivity index (χ3n) is 2.70. The summed E-state index contributed by atoms with van der Waals surface area (Å²) in [6.07, 6.45) is 1.14. The molecule has 0 atom stereocenters. The fourth-order valence-electron chi connectivity index (χ4n) is 1.59. The number of nitrogens with one attached hydrogen (secondary N) is 1. The zero-order valence-corrected chi connectivity index (χ0v) is 9.15. The molecular formula is C11H20N2. The van der Waals surface area contributed by atoms with Crippen LogP contribution in [0, 0.1) is 13.8 Å². The molecule has 1 rings (SSSR count). The van der Waals surface area contributed by atoms with Gasteiger partial charge in [-0.3, -0.25) is 0 Å². The molecule has 2 heteroatoms. The Morgan fingerprint density at radius 3 is 2.54 bits per heavy atom. The Hall–Kier alpha value is -0.760. The SMILES string of the molecule is CCNCCc1cc(C)n(C)c1C. The van der Waals surface area contributed by atoms with Gasteiger partial charge in [-0.05, 0) is 45.0 Å². The standard InChI is InChI=1S/C11H20N2/c1-5-12-7-6-11-8-9(2)13(4)10(11)3/h8,12H,5-7H2,1-4H3. The van der Waals surface area contributed by atoms with E-state index in [1.165, 1.54) is 17.0 Å². The second-order valence-electron chi connectivity index (χ2n) is 3.56. The second-order valence-corrected chi connectivity index (χ2v) is 3.56. The molecule has 1 aromatic rings. The highest BCUT2D eigenvalue weighted by Gasteiger charge is 2.04. The van der Waals surface area contributed by atoms with Crippen molar-refractivity contribution in [3.8, 4) is 0 Å². The minimum Gasteiger partial charge on any atom is -0.352 e. The van der Waals surface area contributed by atoms with E-state index >= 15 is 0 Å². The molecule has 13 heavy (non-hydrogen) atoms. The van der Waals surface area contributed by atoms with E-state index < -0.39 is 0 Å². The van der Waals surface area contributed by atoms with Crippen LogP contribution in [0.3, 0.4) is 0 Å². The number of rotatable bonds is 4. The summed E-state index contributed by atoms with van der Waals surface area (Å²) in [6.45, 7) is 8.63. The molecule has 0 fully saturated rings. The number of likely N-dealkylation sites (N-methyl/N-ethyl adjacent to an activating group) is 1. The summed E-state index contributed by atoms with van der Waals surface area (Å²) >= 11 is 0. The van der Waals surface area contributed by atoms with E-state index in [-0.39, 0.29) is 0 Å². The van der Waals surface area contributed by atoms with Crippen molar-refractivity contribution in [2.45, 2.75) is 27.2 Å². The van der Waals surface area contributed by atoms with Crippen molar-refractivity contribution in [2.24, 2.45) is 7.05 Å². The van der Waals surface area contributed by atoms with Gasteiger partial charge in [-0.25, -0.2) is 0 Å². The third-order valence-corrected chi connectivity index (χ3v) is 2.70. The molecule has 0 spiro atoms. The van der Waals surface area contributed by atoms with Gasteiger partial charge in [0.25, 0.3) is 0 Å². The molecule has 0 saturated carbocycles. The summed E-state index contributed by atoms with van der Waals surface area (Å²) in [4.78, 5) is 0. The molecule has 0 aliphatic rings. The second kappa shape index (κ2) is 4.47. The molecule has 0 unspecified atom stereocenters. The van der Waals surface area contributed by atoms with E-state index in [1.807, 2.05) is 0 Å². The lowest BCUT2D eigenvalue weighted by Gasteiger charge is -2.02. The van der Waals surface area contributed by atoms with Crippen LogP contribution in [0.4, 0.5) is 0 Å². The Bertz CT molecular complexity index is 274. The number of hydrogen-bond acceptors (Lipinski definition) is 1. The normalized spacial score (nSPS) is 10.8. The molecule has 1 heterocycles. The lowest BCUT2D eigenvalue weighted by atomic mass is 10.2. The number of nitrogens with zero attached hydrogens (tertiary/aromatic N) is 1. The number of hydrogen-bond donors (Lipinski definition) is 1. The third kappa shape index (κ3) is 2.34. The maximum atomic E-state index is 3.34. The van der Waals surface area contributed by atoms with E-state index in [1.54, 1.807) is 0 Å². The topological polar surface area (TPSA) is 17.0 Å². The summed E-state index contributed by atoms with van der Waals surface area (Å²) in [7, 11) is 2.13. The maximum Gasteiger partial charge on any atom is 0.0175 e. The van der Waals surface area contributed by atoms with Crippen molar-refractivity contribution >= 4 is 0 Å². The first-order chi connectivity index (χ1) is 6.16. The van der Waals surface area contributed by atoms with Crippen LogP contribution in [0.1, 0.15) is 23.9 Å². The summed E-state index contributed by atoms with van der Waals surface area (Å²) in [5, 5.41) is 3.34. The van der Waals surface area contributed by atoms with Gasteiger partial charge in [-0.1, -0.05) is 6.92 Å². The fraction of sp³-hybridized carbons (Fsp3) is 0.636. The Balaban J connectivity index is 2.61. The lowest BCUT2D eigenvalue weighted by molar-refractivity contribution is 0.712. The van der Waals surface area contributed by atoms with Crippen LogP contribution in [0.2, 0.25) is 0 Å². The quantitative estimate of drug-likeness (QED) is 0.699. The van der Waals surface area contributed by atoms with Crippen LogP contribution in [0.15, 0.2) is 6.07 Å². The average molecular weight is 180 g/mol. The minimum absolute atomic E-state index is 1.06. The zero-order valence-electron chi connectivity index (χ0n) is 9.15. The zero-order chi connectivity index (χ0) is 9.84. The van der Waals surface area contributed by atoms with Crippen molar-refractivity contribution in [1.82, 2.24) is 9.88 Å². The van der Waals surface area contributed by atoms with Crippen molar-refractivity contribution in [1.29, 1.82) is 0 Å². The van der Waals surface area contributed by atoms with E-state index in [0.717, 1.165) is 19.5 Å². The van der Waals surface area contributed by atoms with Crippen molar-refractivity contribution in [2.75, 3.05) is 13.1 Å². The molecule has 0 radical (unpaired) electrons. The van der Waals surface area contributed by atoms with E-state index in [9.17, 15) is 0 Å². The van der Waals surface area contributed by atoms with E-state index in [0.29, 0.717) is 0 Å². The summed E-state index contributed by atoms with van der Waals surface area (Å²) in [5.41, 5.74) is 4.22. The Kier molecular flexibility index (Phi) is 3.55. The van der Waals surface area contributed by atoms with Crippen LogP contribution in [-0.2, 0) is 13.5 Å². The highest BCUT2D eigenvalue weighted by molar-refractivity contribution is 5.26. The summed E-state index contributed by atoms with van der Waals surface area (Å²) < 4.78 is 2.25. The predicted octanol–water partition coefficient (Wildman–Crippen LogP) is 1.79. The monoisotopic (exact) mass is 180 g/mol. The van der Waals surface area contributed by atoms with Gasteiger partial charge in [0.05, 0.1) is 0 Å². The molecule has 0 aromatic carbocycles. The molecular weight excluding hydrogens is 160 g/mol. The minimum atomic E-state index is 1.06. The van der Waals surface area contributed by atoms with Crippen LogP contribution < -0.4 is 5.32 Å². The first kappa shape index (κ1) is 10.3. The van der Waals surface area contributed by atoms with Gasteiger partial charge in [0.2, 0.25) is 0 Å². The Morgan fingerprint density at radius 2 is 2.08 bits per heavy atom. The van der Waals surface area contributed by atoms with Gasteiger partial charge in [-0.2, -0.15) is 0 Å². The Labute approximate surface area is 81.0 Å². The van der Waals surface area contributed by atoms with E-state index in [4.69, 9.17) is 0 Å². The van der Waals surface area contributed by atoms with Crippen LogP contribution in [0.5, 0.6) is 0 Å². The Morgan fingerprint density at radius 1 is 1.38 bits per heavy atom. The summed E-state index contributed by atoms with van der Waals surface area (Å²) in [6, 6.07) is 2.28. The summed E-state index contributed by atoms with van der Waals surface area (Å²) in [5.74, 6) is 0. The molecule has 0 amide bonds. The van der Waals surface area contributed by atoms with Gasteiger partial charge in [0.1, 0.15) is 0 Å². The van der Waals surface area contributed by atoms with Crippen LogP contribution in [0.25, 0.3) is 0 Å². The smallest absolute Gasteiger partial charge is 0.0175 e. The molecule has 1 N–H and O–H groups in total. The highest BCUT2D eigenvalue weighted by Crippen LogP contribution is 2.13. The van der Waals surface area contributed by atoms with Gasteiger partial charge in [-0.15, -0.1) is 0 Å². The van der Waals surface area contributed by atoms with Gasteiger partial charge >= 0.3 is 0 Å². The molecule has 0 saturated heterocycles.